The quantitative estimate of drug-likeness (QED) is 0.331. The molecule has 2 fully saturated rings. The van der Waals surface area contributed by atoms with Crippen LogP contribution in [0.4, 0.5) is 16.2 Å². The third-order valence-corrected chi connectivity index (χ3v) is 11.2. The Labute approximate surface area is 269 Å². The molecule has 0 spiro atoms. The molecule has 244 valence electrons. The molecule has 8 nitrogen and oxygen atoms in total. The van der Waals surface area contributed by atoms with E-state index >= 15 is 0 Å². The van der Waals surface area contributed by atoms with Gasteiger partial charge in [-0.15, -0.1) is 0 Å². The average Bonchev–Trinajstić information content (AvgIpc) is 3.29. The van der Waals surface area contributed by atoms with Crippen LogP contribution in [0.15, 0.2) is 47.9 Å². The molecule has 2 aromatic rings. The number of benzene rings is 2. The molecule has 1 saturated heterocycles. The van der Waals surface area contributed by atoms with E-state index in [1.165, 1.54) is 44.8 Å². The van der Waals surface area contributed by atoms with Crippen molar-refractivity contribution in [2.45, 2.75) is 103 Å². The van der Waals surface area contributed by atoms with Crippen molar-refractivity contribution in [1.29, 1.82) is 0 Å². The zero-order chi connectivity index (χ0) is 32.3. The van der Waals surface area contributed by atoms with Gasteiger partial charge in [0.25, 0.3) is 0 Å². The van der Waals surface area contributed by atoms with Crippen molar-refractivity contribution in [3.63, 3.8) is 0 Å². The number of carbonyl (C=O) groups is 2. The maximum atomic E-state index is 13.8. The summed E-state index contributed by atoms with van der Waals surface area (Å²) in [6, 6.07) is 12.3. The molecule has 45 heavy (non-hydrogen) atoms. The van der Waals surface area contributed by atoms with Crippen LogP contribution in [-0.4, -0.2) is 58.0 Å². The van der Waals surface area contributed by atoms with Crippen LogP contribution in [-0.2, 0) is 25.8 Å². The molecule has 1 saturated carbocycles. The number of allylic oxidation sites excluding steroid dienone is 1. The van der Waals surface area contributed by atoms with Crippen molar-refractivity contribution in [1.82, 2.24) is 5.32 Å². The molecule has 3 aliphatic rings. The van der Waals surface area contributed by atoms with Crippen molar-refractivity contribution >= 4 is 33.2 Å². The Balaban J connectivity index is 1.35. The van der Waals surface area contributed by atoms with Crippen molar-refractivity contribution in [2.75, 3.05) is 29.1 Å². The lowest BCUT2D eigenvalue weighted by Gasteiger charge is -2.41. The summed E-state index contributed by atoms with van der Waals surface area (Å²) in [4.78, 5) is 30.1. The number of nitrogens with zero attached hydrogens (tertiary/aromatic N) is 2. The first-order valence-electron chi connectivity index (χ1n) is 16.6. The highest BCUT2D eigenvalue weighted by Crippen LogP contribution is 2.40. The standard InChI is InChI=1S/C36H49N3O5S/c1-24-12-14-30(20-29(24)15-13-26(3)45(5,42)43)31-16-19-34-35(21-31)38(23-25(2)39(34)27(4)40)36(41)44-32-17-18-33(37-22-32)28-10-8-6-7-9-11-28/h12,14,16,19-21,25,28,32-33,37H,3,6-11,13,15,17-18,22-23H2,1-2,4-5H3. The number of ether oxygens (including phenoxy) is 1. The maximum Gasteiger partial charge on any atom is 0.414 e. The maximum absolute atomic E-state index is 13.8. The molecule has 2 heterocycles. The topological polar surface area (TPSA) is 96.0 Å². The summed E-state index contributed by atoms with van der Waals surface area (Å²) in [7, 11) is -3.29. The first-order chi connectivity index (χ1) is 21.4. The minimum atomic E-state index is -3.29. The molecule has 2 aromatic carbocycles. The van der Waals surface area contributed by atoms with Gasteiger partial charge in [0.2, 0.25) is 5.91 Å². The predicted octanol–water partition coefficient (Wildman–Crippen LogP) is 6.94. The van der Waals surface area contributed by atoms with E-state index in [4.69, 9.17) is 4.74 Å². The Kier molecular flexibility index (Phi) is 10.4. The molecular weight excluding hydrogens is 586 g/mol. The van der Waals surface area contributed by atoms with Gasteiger partial charge < -0.3 is 15.0 Å². The molecule has 1 aliphatic carbocycles. The number of nitrogens with one attached hydrogen (secondary N) is 1. The highest BCUT2D eigenvalue weighted by atomic mass is 32.2. The fraction of sp³-hybridized carbons (Fsp3) is 0.556. The van der Waals surface area contributed by atoms with Gasteiger partial charge in [0.15, 0.2) is 9.84 Å². The van der Waals surface area contributed by atoms with Crippen molar-refractivity contribution in [3.05, 3.63) is 59.0 Å². The van der Waals surface area contributed by atoms with E-state index in [1.54, 1.807) is 16.7 Å². The van der Waals surface area contributed by atoms with Crippen molar-refractivity contribution < 1.29 is 22.7 Å². The van der Waals surface area contributed by atoms with Gasteiger partial charge in [-0.05, 0) is 92.7 Å². The van der Waals surface area contributed by atoms with Crippen LogP contribution < -0.4 is 15.1 Å². The highest BCUT2D eigenvalue weighted by molar-refractivity contribution is 7.94. The third-order valence-electron chi connectivity index (χ3n) is 10.00. The summed E-state index contributed by atoms with van der Waals surface area (Å²) < 4.78 is 29.9. The minimum absolute atomic E-state index is 0.0747. The lowest BCUT2D eigenvalue weighted by Crippen LogP contribution is -2.53. The minimum Gasteiger partial charge on any atom is -0.444 e. The van der Waals surface area contributed by atoms with Crippen LogP contribution >= 0.6 is 0 Å². The zero-order valence-corrected chi connectivity index (χ0v) is 28.1. The number of sulfone groups is 1. The number of rotatable bonds is 7. The van der Waals surface area contributed by atoms with Crippen LogP contribution in [0.1, 0.15) is 82.8 Å². The number of piperidine rings is 1. The normalized spacial score (nSPS) is 22.8. The highest BCUT2D eigenvalue weighted by Gasteiger charge is 2.36. The second-order valence-corrected chi connectivity index (χ2v) is 15.5. The van der Waals surface area contributed by atoms with Crippen LogP contribution in [0.3, 0.4) is 0 Å². The Morgan fingerprint density at radius 3 is 2.31 bits per heavy atom. The van der Waals surface area contributed by atoms with Gasteiger partial charge in [0.1, 0.15) is 6.10 Å². The van der Waals surface area contributed by atoms with Gasteiger partial charge >= 0.3 is 6.09 Å². The molecular formula is C36H49N3O5S. The monoisotopic (exact) mass is 635 g/mol. The number of hydrogen-bond donors (Lipinski definition) is 1. The summed E-state index contributed by atoms with van der Waals surface area (Å²) >= 11 is 0. The fourth-order valence-corrected chi connectivity index (χ4v) is 7.78. The van der Waals surface area contributed by atoms with E-state index in [1.807, 2.05) is 44.2 Å². The number of fused-ring (bicyclic) bond motifs is 1. The second kappa shape index (κ2) is 14.1. The first kappa shape index (κ1) is 33.2. The Morgan fingerprint density at radius 1 is 0.978 bits per heavy atom. The molecule has 0 bridgehead atoms. The largest absolute Gasteiger partial charge is 0.444 e. The van der Waals surface area contributed by atoms with E-state index < -0.39 is 9.84 Å². The molecule has 3 atom stereocenters. The molecule has 9 heteroatoms. The van der Waals surface area contributed by atoms with Gasteiger partial charge in [-0.3, -0.25) is 9.69 Å². The zero-order valence-electron chi connectivity index (χ0n) is 27.3. The second-order valence-electron chi connectivity index (χ2n) is 13.4. The lowest BCUT2D eigenvalue weighted by molar-refractivity contribution is -0.117. The van der Waals surface area contributed by atoms with E-state index in [-0.39, 0.29) is 29.1 Å². The van der Waals surface area contributed by atoms with Crippen molar-refractivity contribution in [2.24, 2.45) is 5.92 Å². The molecule has 3 unspecified atom stereocenters. The third kappa shape index (κ3) is 7.80. The Morgan fingerprint density at radius 2 is 1.67 bits per heavy atom. The molecule has 5 rings (SSSR count). The van der Waals surface area contributed by atoms with Gasteiger partial charge in [0, 0.05) is 37.2 Å². The van der Waals surface area contributed by atoms with E-state index in [2.05, 4.69) is 18.0 Å². The molecule has 0 radical (unpaired) electrons. The number of aryl methyl sites for hydroxylation is 2. The van der Waals surface area contributed by atoms with E-state index in [0.717, 1.165) is 41.0 Å². The van der Waals surface area contributed by atoms with Gasteiger partial charge in [-0.2, -0.15) is 0 Å². The number of anilines is 2. The molecule has 2 amide bonds. The Bertz CT molecular complexity index is 1520. The summed E-state index contributed by atoms with van der Waals surface area (Å²) in [6.07, 6.45) is 11.3. The lowest BCUT2D eigenvalue weighted by atomic mass is 9.86. The number of carbonyl (C=O) groups excluding carboxylic acids is 2. The SMILES string of the molecule is C=C(CCc1cc(-c2ccc3c(c2)N(C(=O)OC2CCC(C4CCCCCC4)NC2)CC(C)N3C(C)=O)ccc1C)S(C)(=O)=O. The van der Waals surface area contributed by atoms with Crippen LogP contribution in [0.5, 0.6) is 0 Å². The fourth-order valence-electron chi connectivity index (χ4n) is 7.31. The molecule has 1 N–H and O–H groups in total. The Hall–Kier alpha value is -3.17. The van der Waals surface area contributed by atoms with Crippen LogP contribution in [0.25, 0.3) is 11.1 Å². The van der Waals surface area contributed by atoms with Gasteiger partial charge in [-0.1, -0.05) is 56.5 Å². The molecule has 0 aromatic heterocycles. The van der Waals surface area contributed by atoms with Crippen LogP contribution in [0.2, 0.25) is 0 Å². The van der Waals surface area contributed by atoms with E-state index in [0.29, 0.717) is 43.3 Å². The smallest absolute Gasteiger partial charge is 0.414 e. The predicted molar refractivity (Wildman–Crippen MR) is 181 cm³/mol. The van der Waals surface area contributed by atoms with Crippen LogP contribution in [0, 0.1) is 12.8 Å². The van der Waals surface area contributed by atoms with Gasteiger partial charge in [-0.25, -0.2) is 13.2 Å². The summed E-state index contributed by atoms with van der Waals surface area (Å²) in [6.45, 7) is 10.3. The summed E-state index contributed by atoms with van der Waals surface area (Å²) in [5.74, 6) is 0.644. The molecule has 2 aliphatic heterocycles. The van der Waals surface area contributed by atoms with Gasteiger partial charge in [0.05, 0.1) is 17.4 Å². The summed E-state index contributed by atoms with van der Waals surface area (Å²) in [5, 5.41) is 3.70. The van der Waals surface area contributed by atoms with Crippen molar-refractivity contribution in [3.8, 4) is 11.1 Å². The average molecular weight is 636 g/mol. The summed E-state index contributed by atoms with van der Waals surface area (Å²) in [5.41, 5.74) is 5.30. The van der Waals surface area contributed by atoms with E-state index in [9.17, 15) is 18.0 Å². The first-order valence-corrected chi connectivity index (χ1v) is 18.4. The number of amides is 2. The number of hydrogen-bond acceptors (Lipinski definition) is 6.